The minimum Gasteiger partial charge on any atom is -0.383 e. The summed E-state index contributed by atoms with van der Waals surface area (Å²) in [7, 11) is 1.95. The van der Waals surface area contributed by atoms with Crippen LogP contribution < -0.4 is 5.73 Å². The van der Waals surface area contributed by atoms with E-state index in [1.54, 1.807) is 6.20 Å². The van der Waals surface area contributed by atoms with Gasteiger partial charge in [-0.1, -0.05) is 0 Å². The van der Waals surface area contributed by atoms with Gasteiger partial charge in [0.1, 0.15) is 23.5 Å². The lowest BCUT2D eigenvalue weighted by molar-refractivity contribution is 0.948. The fourth-order valence-electron chi connectivity index (χ4n) is 2.48. The molecule has 3 N–H and O–H groups in total. The Kier molecular flexibility index (Phi) is 2.06. The summed E-state index contributed by atoms with van der Waals surface area (Å²) in [5.74, 6) is 0.416. The first-order valence-electron chi connectivity index (χ1n) is 6.10. The Labute approximate surface area is 113 Å². The van der Waals surface area contributed by atoms with E-state index < -0.39 is 0 Å². The number of rotatable bonds is 1. The zero-order chi connectivity index (χ0) is 13.7. The molecule has 0 spiro atoms. The van der Waals surface area contributed by atoms with Gasteiger partial charge >= 0.3 is 0 Å². The minimum atomic E-state index is 0.416. The predicted octanol–water partition coefficient (Wildman–Crippen LogP) is 1.49. The van der Waals surface area contributed by atoms with Crippen LogP contribution >= 0.6 is 0 Å². The Morgan fingerprint density at radius 3 is 3.05 bits per heavy atom. The second kappa shape index (κ2) is 3.77. The Balaban J connectivity index is 2.12. The average Bonchev–Trinajstić information content (AvgIpc) is 3.02. The molecule has 0 aliphatic carbocycles. The van der Waals surface area contributed by atoms with Crippen molar-refractivity contribution < 1.29 is 0 Å². The number of nitrogens with two attached hydrogens (primary N) is 1. The molecule has 0 atom stereocenters. The second-order valence-corrected chi connectivity index (χ2v) is 4.58. The monoisotopic (exact) mass is 265 g/mol. The van der Waals surface area contributed by atoms with Gasteiger partial charge in [-0.2, -0.15) is 5.10 Å². The van der Waals surface area contributed by atoms with Gasteiger partial charge in [0.05, 0.1) is 5.39 Å². The molecule has 0 saturated heterocycles. The maximum absolute atomic E-state index is 5.96. The number of aryl methyl sites for hydroxylation is 1. The van der Waals surface area contributed by atoms with Gasteiger partial charge in [-0.05, 0) is 12.1 Å². The summed E-state index contributed by atoms with van der Waals surface area (Å²) in [6, 6.07) is 3.92. The molecule has 4 heterocycles. The first-order chi connectivity index (χ1) is 9.75. The van der Waals surface area contributed by atoms with Crippen LogP contribution in [0.1, 0.15) is 0 Å². The molecule has 4 aromatic heterocycles. The van der Waals surface area contributed by atoms with Crippen molar-refractivity contribution >= 4 is 27.9 Å². The smallest absolute Gasteiger partial charge is 0.161 e. The van der Waals surface area contributed by atoms with Gasteiger partial charge in [0.25, 0.3) is 0 Å². The third-order valence-corrected chi connectivity index (χ3v) is 3.38. The van der Waals surface area contributed by atoms with Crippen molar-refractivity contribution in [2.24, 2.45) is 7.05 Å². The molecule has 0 bridgehead atoms. The van der Waals surface area contributed by atoms with Gasteiger partial charge in [-0.3, -0.25) is 5.10 Å². The van der Waals surface area contributed by atoms with Gasteiger partial charge in [-0.25, -0.2) is 15.0 Å². The number of hydrogen-bond acceptors (Lipinski definition) is 5. The Morgan fingerprint density at radius 2 is 2.15 bits per heavy atom. The quantitative estimate of drug-likeness (QED) is 0.543. The number of pyridine rings is 1. The molecule has 0 aliphatic rings. The van der Waals surface area contributed by atoms with E-state index in [4.69, 9.17) is 5.73 Å². The van der Waals surface area contributed by atoms with Crippen molar-refractivity contribution in [2.75, 3.05) is 5.73 Å². The molecule has 20 heavy (non-hydrogen) atoms. The van der Waals surface area contributed by atoms with E-state index in [0.717, 1.165) is 27.7 Å². The summed E-state index contributed by atoms with van der Waals surface area (Å²) in [6.45, 7) is 0. The van der Waals surface area contributed by atoms with Crippen molar-refractivity contribution in [3.63, 3.8) is 0 Å². The van der Waals surface area contributed by atoms with Gasteiger partial charge in [-0.15, -0.1) is 0 Å². The molecular formula is C13H11N7. The number of H-pyrrole nitrogens is 1. The Bertz CT molecular complexity index is 934. The lowest BCUT2D eigenvalue weighted by Crippen LogP contribution is -1.92. The van der Waals surface area contributed by atoms with E-state index >= 15 is 0 Å². The molecule has 4 rings (SSSR count). The third-order valence-electron chi connectivity index (χ3n) is 3.38. The van der Waals surface area contributed by atoms with E-state index in [2.05, 4.69) is 25.1 Å². The lowest BCUT2D eigenvalue weighted by atomic mass is 10.1. The summed E-state index contributed by atoms with van der Waals surface area (Å²) in [4.78, 5) is 12.6. The van der Waals surface area contributed by atoms with Crippen LogP contribution in [-0.2, 0) is 7.05 Å². The van der Waals surface area contributed by atoms with Crippen LogP contribution in [0.25, 0.3) is 33.3 Å². The van der Waals surface area contributed by atoms with E-state index in [1.165, 1.54) is 6.33 Å². The van der Waals surface area contributed by atoms with Crippen LogP contribution in [0.5, 0.6) is 0 Å². The Hall–Kier alpha value is -2.96. The third kappa shape index (κ3) is 1.34. The molecule has 7 nitrogen and oxygen atoms in total. The molecule has 0 radical (unpaired) electrons. The van der Waals surface area contributed by atoms with Gasteiger partial charge in [0.2, 0.25) is 0 Å². The molecule has 0 fully saturated rings. The summed E-state index contributed by atoms with van der Waals surface area (Å²) < 4.78 is 1.96. The molecular weight excluding hydrogens is 254 g/mol. The van der Waals surface area contributed by atoms with Crippen molar-refractivity contribution in [1.82, 2.24) is 29.7 Å². The first kappa shape index (κ1) is 10.9. The van der Waals surface area contributed by atoms with E-state index in [1.807, 2.05) is 29.9 Å². The summed E-state index contributed by atoms with van der Waals surface area (Å²) in [6.07, 6.45) is 5.18. The van der Waals surface area contributed by atoms with Crippen molar-refractivity contribution in [1.29, 1.82) is 0 Å². The number of nitrogens with one attached hydrogen (secondary N) is 1. The van der Waals surface area contributed by atoms with E-state index in [-0.39, 0.29) is 0 Å². The number of aromatic amines is 1. The average molecular weight is 265 g/mol. The molecule has 0 unspecified atom stereocenters. The van der Waals surface area contributed by atoms with Crippen molar-refractivity contribution in [3.8, 4) is 11.3 Å². The summed E-state index contributed by atoms with van der Waals surface area (Å²) in [5, 5.41) is 8.99. The van der Waals surface area contributed by atoms with Crippen molar-refractivity contribution in [3.05, 3.63) is 30.9 Å². The maximum Gasteiger partial charge on any atom is 0.161 e. The topological polar surface area (TPSA) is 98.3 Å². The van der Waals surface area contributed by atoms with Crippen LogP contribution in [0.2, 0.25) is 0 Å². The SMILES string of the molecule is Cn1cc(-c2n[nH]c3ncnc(N)c23)c2cccnc21. The van der Waals surface area contributed by atoms with Crippen LogP contribution in [0.15, 0.2) is 30.9 Å². The van der Waals surface area contributed by atoms with Gasteiger partial charge in [0, 0.05) is 30.4 Å². The largest absolute Gasteiger partial charge is 0.383 e. The standard InChI is InChI=1S/C13H11N7/c1-20-5-8(7-3-2-4-15-13(7)20)10-9-11(14)16-6-17-12(9)19-18-10/h2-6H,1H3,(H3,14,16,17,18,19). The number of aromatic nitrogens is 6. The van der Waals surface area contributed by atoms with Crippen molar-refractivity contribution in [2.45, 2.75) is 0 Å². The van der Waals surface area contributed by atoms with Crippen LogP contribution in [0.3, 0.4) is 0 Å². The highest BCUT2D eigenvalue weighted by Crippen LogP contribution is 2.33. The highest BCUT2D eigenvalue weighted by molar-refractivity contribution is 6.04. The fraction of sp³-hybridized carbons (Fsp3) is 0.0769. The molecule has 0 saturated carbocycles. The maximum atomic E-state index is 5.96. The highest BCUT2D eigenvalue weighted by Gasteiger charge is 2.17. The van der Waals surface area contributed by atoms with Gasteiger partial charge in [0.15, 0.2) is 5.65 Å². The normalized spacial score (nSPS) is 11.4. The van der Waals surface area contributed by atoms with Crippen LogP contribution in [0, 0.1) is 0 Å². The lowest BCUT2D eigenvalue weighted by Gasteiger charge is -1.97. The summed E-state index contributed by atoms with van der Waals surface area (Å²) in [5.41, 5.74) is 9.19. The molecule has 0 amide bonds. The molecule has 4 aromatic rings. The summed E-state index contributed by atoms with van der Waals surface area (Å²) >= 11 is 0. The molecule has 7 heteroatoms. The van der Waals surface area contributed by atoms with E-state index in [9.17, 15) is 0 Å². The van der Waals surface area contributed by atoms with Crippen LogP contribution in [0.4, 0.5) is 5.82 Å². The fourth-order valence-corrected chi connectivity index (χ4v) is 2.48. The van der Waals surface area contributed by atoms with Crippen LogP contribution in [-0.4, -0.2) is 29.7 Å². The van der Waals surface area contributed by atoms with E-state index in [0.29, 0.717) is 11.5 Å². The highest BCUT2D eigenvalue weighted by atomic mass is 15.2. The first-order valence-corrected chi connectivity index (χ1v) is 6.10. The Morgan fingerprint density at radius 1 is 1.25 bits per heavy atom. The number of fused-ring (bicyclic) bond motifs is 2. The molecule has 0 aliphatic heterocycles. The van der Waals surface area contributed by atoms with Gasteiger partial charge < -0.3 is 10.3 Å². The number of anilines is 1. The molecule has 0 aromatic carbocycles. The zero-order valence-corrected chi connectivity index (χ0v) is 10.7. The predicted molar refractivity (Wildman–Crippen MR) is 75.8 cm³/mol. The minimum absolute atomic E-state index is 0.416. The second-order valence-electron chi connectivity index (χ2n) is 4.58. The molecule has 98 valence electrons. The number of nitrogen functional groups attached to an aromatic ring is 1. The number of hydrogen-bond donors (Lipinski definition) is 2. The number of nitrogens with zero attached hydrogens (tertiary/aromatic N) is 5. The zero-order valence-electron chi connectivity index (χ0n) is 10.7.